The van der Waals surface area contributed by atoms with Crippen molar-refractivity contribution in [3.8, 4) is 11.5 Å². The molecule has 2 rings (SSSR count). The first kappa shape index (κ1) is 14.7. The molecule has 5 nitrogen and oxygen atoms in total. The Hall–Kier alpha value is -1.75. The number of rotatable bonds is 4. The minimum atomic E-state index is 0.0214. The summed E-state index contributed by atoms with van der Waals surface area (Å²) < 4.78 is 5.28. The average molecular weight is 274 g/mol. The van der Waals surface area contributed by atoms with E-state index in [2.05, 4.69) is 35.9 Å². The quantitative estimate of drug-likeness (QED) is 0.927. The largest absolute Gasteiger partial charge is 0.339 e. The van der Waals surface area contributed by atoms with Gasteiger partial charge in [-0.25, -0.2) is 0 Å². The molecule has 0 spiro atoms. The Morgan fingerprint density at radius 2 is 2.10 bits per heavy atom. The van der Waals surface area contributed by atoms with Crippen LogP contribution in [-0.2, 0) is 6.42 Å². The van der Waals surface area contributed by atoms with Gasteiger partial charge in [0.15, 0.2) is 0 Å². The van der Waals surface area contributed by atoms with E-state index < -0.39 is 0 Å². The van der Waals surface area contributed by atoms with Crippen LogP contribution >= 0.6 is 0 Å². The van der Waals surface area contributed by atoms with Gasteiger partial charge >= 0.3 is 0 Å². The van der Waals surface area contributed by atoms with Gasteiger partial charge in [-0.1, -0.05) is 32.0 Å². The first-order chi connectivity index (χ1) is 9.35. The summed E-state index contributed by atoms with van der Waals surface area (Å²) in [5.74, 6) is 1.10. The molecule has 20 heavy (non-hydrogen) atoms. The summed E-state index contributed by atoms with van der Waals surface area (Å²) in [6, 6.07) is 3.89. The summed E-state index contributed by atoms with van der Waals surface area (Å²) in [4.78, 5) is 8.68. The Bertz CT molecular complexity index is 571. The zero-order valence-electron chi connectivity index (χ0n) is 12.6. The van der Waals surface area contributed by atoms with Crippen LogP contribution in [0, 0.1) is 12.3 Å². The molecule has 0 aromatic carbocycles. The molecular formula is C15H22N4O. The van der Waals surface area contributed by atoms with E-state index >= 15 is 0 Å². The lowest BCUT2D eigenvalue weighted by Gasteiger charge is -2.21. The third kappa shape index (κ3) is 3.87. The van der Waals surface area contributed by atoms with E-state index in [4.69, 9.17) is 10.3 Å². The molecule has 2 aromatic rings. The fourth-order valence-corrected chi connectivity index (χ4v) is 2.24. The Kier molecular flexibility index (Phi) is 4.18. The maximum atomic E-state index is 6.13. The van der Waals surface area contributed by atoms with Crippen molar-refractivity contribution >= 4 is 0 Å². The zero-order valence-corrected chi connectivity index (χ0v) is 12.6. The molecule has 0 saturated heterocycles. The second kappa shape index (κ2) is 5.71. The minimum Gasteiger partial charge on any atom is -0.339 e. The summed E-state index contributed by atoms with van der Waals surface area (Å²) in [6.45, 7) is 8.49. The molecule has 1 unspecified atom stereocenters. The number of aromatic nitrogens is 3. The van der Waals surface area contributed by atoms with Gasteiger partial charge in [-0.05, 0) is 30.4 Å². The predicted molar refractivity (Wildman–Crippen MR) is 78.0 cm³/mol. The third-order valence-corrected chi connectivity index (χ3v) is 3.00. The van der Waals surface area contributed by atoms with Crippen LogP contribution in [0.15, 0.2) is 22.9 Å². The number of nitrogens with zero attached hydrogens (tertiary/aromatic N) is 3. The topological polar surface area (TPSA) is 77.8 Å². The summed E-state index contributed by atoms with van der Waals surface area (Å²) in [7, 11) is 0. The Labute approximate surface area is 119 Å². The van der Waals surface area contributed by atoms with Gasteiger partial charge in [-0.3, -0.25) is 4.98 Å². The highest BCUT2D eigenvalue weighted by Gasteiger charge is 2.19. The Morgan fingerprint density at radius 1 is 1.35 bits per heavy atom. The molecule has 2 N–H and O–H groups in total. The van der Waals surface area contributed by atoms with Crippen molar-refractivity contribution in [1.82, 2.24) is 15.1 Å². The first-order valence-electron chi connectivity index (χ1n) is 6.85. The smallest absolute Gasteiger partial charge is 0.228 e. The monoisotopic (exact) mass is 274 g/mol. The molecule has 5 heteroatoms. The van der Waals surface area contributed by atoms with Crippen LogP contribution in [0.25, 0.3) is 11.5 Å². The van der Waals surface area contributed by atoms with Crippen LogP contribution in [0.4, 0.5) is 0 Å². The summed E-state index contributed by atoms with van der Waals surface area (Å²) in [6.07, 6.45) is 3.23. The van der Waals surface area contributed by atoms with Gasteiger partial charge in [-0.15, -0.1) is 0 Å². The summed E-state index contributed by atoms with van der Waals surface area (Å²) >= 11 is 0. The fraction of sp³-hybridized carbons (Fsp3) is 0.533. The van der Waals surface area contributed by atoms with E-state index in [-0.39, 0.29) is 11.5 Å². The molecule has 0 aliphatic rings. The molecule has 1 atom stereocenters. The molecule has 0 aliphatic heterocycles. The number of nitrogens with two attached hydrogens (primary N) is 1. The van der Waals surface area contributed by atoms with Crippen molar-refractivity contribution in [2.45, 2.75) is 46.6 Å². The fourth-order valence-electron chi connectivity index (χ4n) is 2.24. The van der Waals surface area contributed by atoms with Crippen LogP contribution in [0.3, 0.4) is 0 Å². The van der Waals surface area contributed by atoms with E-state index in [0.29, 0.717) is 18.1 Å². The van der Waals surface area contributed by atoms with Gasteiger partial charge < -0.3 is 10.3 Å². The van der Waals surface area contributed by atoms with Crippen molar-refractivity contribution in [2.24, 2.45) is 11.1 Å². The summed E-state index contributed by atoms with van der Waals surface area (Å²) in [5, 5.41) is 3.99. The van der Waals surface area contributed by atoms with Gasteiger partial charge in [0.25, 0.3) is 0 Å². The standard InChI is InChI=1S/C15H22N4O/c1-10-6-5-7-17-13(10)14-18-12(20-19-14)8-11(16)9-15(2,3)4/h5-7,11H,8-9,16H2,1-4H3. The number of pyridine rings is 1. The van der Waals surface area contributed by atoms with Gasteiger partial charge in [0, 0.05) is 18.7 Å². The lowest BCUT2D eigenvalue weighted by Crippen LogP contribution is -2.28. The molecule has 0 radical (unpaired) electrons. The van der Waals surface area contributed by atoms with E-state index in [0.717, 1.165) is 17.7 Å². The summed E-state index contributed by atoms with van der Waals surface area (Å²) in [5.41, 5.74) is 8.10. The van der Waals surface area contributed by atoms with Gasteiger partial charge in [0.05, 0.1) is 0 Å². The first-order valence-corrected chi connectivity index (χ1v) is 6.85. The van der Waals surface area contributed by atoms with Crippen molar-refractivity contribution < 1.29 is 4.52 Å². The van der Waals surface area contributed by atoms with Crippen LogP contribution in [0.1, 0.15) is 38.6 Å². The third-order valence-electron chi connectivity index (χ3n) is 3.00. The van der Waals surface area contributed by atoms with Crippen LogP contribution < -0.4 is 5.73 Å². The molecule has 0 fully saturated rings. The number of hydrogen-bond donors (Lipinski definition) is 1. The van der Waals surface area contributed by atoms with Crippen molar-refractivity contribution in [1.29, 1.82) is 0 Å². The molecule has 2 heterocycles. The van der Waals surface area contributed by atoms with Crippen LogP contribution in [0.5, 0.6) is 0 Å². The second-order valence-corrected chi connectivity index (χ2v) is 6.41. The Morgan fingerprint density at radius 3 is 2.75 bits per heavy atom. The second-order valence-electron chi connectivity index (χ2n) is 6.41. The average Bonchev–Trinajstić information content (AvgIpc) is 2.75. The normalized spacial score (nSPS) is 13.4. The van der Waals surface area contributed by atoms with Crippen molar-refractivity contribution in [3.05, 3.63) is 29.8 Å². The highest BCUT2D eigenvalue weighted by atomic mass is 16.5. The lowest BCUT2D eigenvalue weighted by atomic mass is 9.87. The predicted octanol–water partition coefficient (Wildman–Crippen LogP) is 2.75. The van der Waals surface area contributed by atoms with Gasteiger partial charge in [0.2, 0.25) is 11.7 Å². The molecule has 0 amide bonds. The van der Waals surface area contributed by atoms with E-state index in [1.165, 1.54) is 0 Å². The highest BCUT2D eigenvalue weighted by Crippen LogP contribution is 2.22. The van der Waals surface area contributed by atoms with Gasteiger partial charge in [-0.2, -0.15) is 4.98 Å². The zero-order chi connectivity index (χ0) is 14.8. The maximum absolute atomic E-state index is 6.13. The van der Waals surface area contributed by atoms with E-state index in [1.807, 2.05) is 19.1 Å². The minimum absolute atomic E-state index is 0.0214. The molecular weight excluding hydrogens is 252 g/mol. The van der Waals surface area contributed by atoms with Crippen LogP contribution in [0.2, 0.25) is 0 Å². The molecule has 108 valence electrons. The van der Waals surface area contributed by atoms with E-state index in [9.17, 15) is 0 Å². The maximum Gasteiger partial charge on any atom is 0.228 e. The number of hydrogen-bond acceptors (Lipinski definition) is 5. The highest BCUT2D eigenvalue weighted by molar-refractivity contribution is 5.53. The Balaban J connectivity index is 2.08. The van der Waals surface area contributed by atoms with E-state index in [1.54, 1.807) is 6.20 Å². The molecule has 2 aromatic heterocycles. The lowest BCUT2D eigenvalue weighted by molar-refractivity contribution is 0.313. The molecule has 0 saturated carbocycles. The number of aryl methyl sites for hydroxylation is 1. The molecule has 0 aliphatic carbocycles. The van der Waals surface area contributed by atoms with Crippen molar-refractivity contribution in [2.75, 3.05) is 0 Å². The van der Waals surface area contributed by atoms with Gasteiger partial charge in [0.1, 0.15) is 5.69 Å². The van der Waals surface area contributed by atoms with Crippen molar-refractivity contribution in [3.63, 3.8) is 0 Å². The SMILES string of the molecule is Cc1cccnc1-c1noc(CC(N)CC(C)(C)C)n1. The molecule has 0 bridgehead atoms. The van der Waals surface area contributed by atoms with Crippen LogP contribution in [-0.4, -0.2) is 21.2 Å².